The Hall–Kier alpha value is -1.40. The maximum atomic E-state index is 13.0. The fourth-order valence-corrected chi connectivity index (χ4v) is 5.36. The second-order valence-corrected chi connectivity index (χ2v) is 8.28. The minimum absolute atomic E-state index is 0.00133. The molecule has 1 amide bonds. The van der Waals surface area contributed by atoms with Gasteiger partial charge in [0.05, 0.1) is 4.90 Å². The van der Waals surface area contributed by atoms with Crippen LogP contribution in [-0.2, 0) is 21.2 Å². The molecule has 1 N–H and O–H groups in total. The van der Waals surface area contributed by atoms with Crippen LogP contribution in [0.1, 0.15) is 51.0 Å². The summed E-state index contributed by atoms with van der Waals surface area (Å²) in [5, 5.41) is 2.85. The van der Waals surface area contributed by atoms with E-state index >= 15 is 0 Å². The number of rotatable bonds is 3. The van der Waals surface area contributed by atoms with E-state index in [2.05, 4.69) is 5.32 Å². The molecule has 0 unspecified atom stereocenters. The van der Waals surface area contributed by atoms with E-state index in [1.54, 1.807) is 22.5 Å². The maximum absolute atomic E-state index is 13.0. The number of carbonyl (C=O) groups excluding carboxylic acids is 1. The molecular weight excluding hydrogens is 312 g/mol. The zero-order chi connectivity index (χ0) is 16.4. The number of fused-ring (bicyclic) bond motifs is 1. The van der Waals surface area contributed by atoms with E-state index in [1.807, 2.05) is 6.92 Å². The zero-order valence-corrected chi connectivity index (χ0v) is 14.4. The first-order chi connectivity index (χ1) is 11.0. The first kappa shape index (κ1) is 16.5. The summed E-state index contributed by atoms with van der Waals surface area (Å²) in [7, 11) is -3.46. The molecule has 2 heterocycles. The molecule has 1 aromatic rings. The van der Waals surface area contributed by atoms with Crippen LogP contribution in [0.15, 0.2) is 23.1 Å². The van der Waals surface area contributed by atoms with Gasteiger partial charge >= 0.3 is 0 Å². The maximum Gasteiger partial charge on any atom is 0.243 e. The molecule has 6 heteroatoms. The molecule has 2 aliphatic rings. The first-order valence-electron chi connectivity index (χ1n) is 8.47. The molecule has 0 aliphatic carbocycles. The van der Waals surface area contributed by atoms with Crippen molar-refractivity contribution in [2.45, 2.75) is 62.8 Å². The lowest BCUT2D eigenvalue weighted by molar-refractivity contribution is -0.116. The van der Waals surface area contributed by atoms with Crippen LogP contribution < -0.4 is 5.32 Å². The highest BCUT2D eigenvalue weighted by molar-refractivity contribution is 7.89. The Bertz CT molecular complexity index is 700. The third-order valence-electron chi connectivity index (χ3n) is 4.85. The average molecular weight is 336 g/mol. The molecule has 2 aliphatic heterocycles. The van der Waals surface area contributed by atoms with Crippen molar-refractivity contribution in [1.29, 1.82) is 0 Å². The summed E-state index contributed by atoms with van der Waals surface area (Å²) in [5.74, 6) is 0.00133. The second-order valence-electron chi connectivity index (χ2n) is 6.39. The van der Waals surface area contributed by atoms with Crippen molar-refractivity contribution in [3.63, 3.8) is 0 Å². The minimum atomic E-state index is -3.46. The van der Waals surface area contributed by atoms with E-state index in [0.29, 0.717) is 17.9 Å². The number of amides is 1. The minimum Gasteiger partial charge on any atom is -0.326 e. The predicted octanol–water partition coefficient (Wildman–Crippen LogP) is 2.91. The number of piperidine rings is 1. The quantitative estimate of drug-likeness (QED) is 0.923. The van der Waals surface area contributed by atoms with Gasteiger partial charge in [0.1, 0.15) is 0 Å². The van der Waals surface area contributed by atoms with Crippen LogP contribution in [0.2, 0.25) is 0 Å². The molecule has 1 fully saturated rings. The highest BCUT2D eigenvalue weighted by atomic mass is 32.2. The highest BCUT2D eigenvalue weighted by Gasteiger charge is 2.32. The number of anilines is 1. The summed E-state index contributed by atoms with van der Waals surface area (Å²) < 4.78 is 27.7. The normalized spacial score (nSPS) is 23.0. The molecule has 1 saturated heterocycles. The number of hydrogen-bond donors (Lipinski definition) is 1. The van der Waals surface area contributed by atoms with Crippen LogP contribution in [0, 0.1) is 0 Å². The fraction of sp³-hybridized carbons (Fsp3) is 0.588. The van der Waals surface area contributed by atoms with Gasteiger partial charge in [0, 0.05) is 24.7 Å². The van der Waals surface area contributed by atoms with Gasteiger partial charge in [-0.3, -0.25) is 4.79 Å². The molecule has 0 saturated carbocycles. The molecule has 0 aromatic heterocycles. The molecule has 5 nitrogen and oxygen atoms in total. The van der Waals surface area contributed by atoms with Crippen LogP contribution in [0.3, 0.4) is 0 Å². The third-order valence-corrected chi connectivity index (χ3v) is 6.80. The van der Waals surface area contributed by atoms with Gasteiger partial charge < -0.3 is 5.32 Å². The van der Waals surface area contributed by atoms with Gasteiger partial charge in [0.25, 0.3) is 0 Å². The lowest BCUT2D eigenvalue weighted by Gasteiger charge is -2.34. The molecule has 1 atom stereocenters. The summed E-state index contributed by atoms with van der Waals surface area (Å²) in [6, 6.07) is 5.21. The smallest absolute Gasteiger partial charge is 0.243 e. The summed E-state index contributed by atoms with van der Waals surface area (Å²) in [6.07, 6.45) is 5.79. The van der Waals surface area contributed by atoms with Crippen molar-refractivity contribution >= 4 is 21.6 Å². The summed E-state index contributed by atoms with van der Waals surface area (Å²) in [4.78, 5) is 12.0. The zero-order valence-electron chi connectivity index (χ0n) is 13.5. The van der Waals surface area contributed by atoms with Gasteiger partial charge in [0.2, 0.25) is 15.9 Å². The fourth-order valence-electron chi connectivity index (χ4n) is 3.55. The van der Waals surface area contributed by atoms with E-state index in [0.717, 1.165) is 49.8 Å². The lowest BCUT2D eigenvalue weighted by Crippen LogP contribution is -2.43. The number of carbonyl (C=O) groups is 1. The third kappa shape index (κ3) is 3.28. The van der Waals surface area contributed by atoms with Gasteiger partial charge in [-0.2, -0.15) is 4.31 Å². The van der Waals surface area contributed by atoms with Crippen molar-refractivity contribution in [1.82, 2.24) is 4.31 Å². The van der Waals surface area contributed by atoms with Crippen LogP contribution in [0.25, 0.3) is 0 Å². The van der Waals surface area contributed by atoms with E-state index in [9.17, 15) is 13.2 Å². The molecule has 0 spiro atoms. The number of sulfonamides is 1. The number of benzene rings is 1. The van der Waals surface area contributed by atoms with E-state index in [-0.39, 0.29) is 11.9 Å². The van der Waals surface area contributed by atoms with Crippen LogP contribution in [-0.4, -0.2) is 31.2 Å². The van der Waals surface area contributed by atoms with Gasteiger partial charge in [-0.25, -0.2) is 8.42 Å². The molecule has 23 heavy (non-hydrogen) atoms. The predicted molar refractivity (Wildman–Crippen MR) is 89.8 cm³/mol. The Morgan fingerprint density at radius 2 is 2.04 bits per heavy atom. The summed E-state index contributed by atoms with van der Waals surface area (Å²) in [6.45, 7) is 2.65. The van der Waals surface area contributed by atoms with Crippen molar-refractivity contribution in [3.8, 4) is 0 Å². The van der Waals surface area contributed by atoms with Gasteiger partial charge in [-0.1, -0.05) is 13.3 Å². The largest absolute Gasteiger partial charge is 0.326 e. The van der Waals surface area contributed by atoms with Crippen LogP contribution in [0.4, 0.5) is 5.69 Å². The Balaban J connectivity index is 1.94. The van der Waals surface area contributed by atoms with Gasteiger partial charge in [0.15, 0.2) is 0 Å². The van der Waals surface area contributed by atoms with E-state index in [1.165, 1.54) is 0 Å². The summed E-state index contributed by atoms with van der Waals surface area (Å²) >= 11 is 0. The van der Waals surface area contributed by atoms with E-state index in [4.69, 9.17) is 0 Å². The van der Waals surface area contributed by atoms with Crippen molar-refractivity contribution in [2.24, 2.45) is 0 Å². The van der Waals surface area contributed by atoms with E-state index < -0.39 is 10.0 Å². The molecule has 0 radical (unpaired) electrons. The monoisotopic (exact) mass is 336 g/mol. The SMILES string of the molecule is CC[C@@H]1CCCCN1S(=O)(=O)c1ccc2c(c1)CCCC(=O)N2. The molecule has 1 aromatic carbocycles. The number of aryl methyl sites for hydroxylation is 1. The number of nitrogens with one attached hydrogen (secondary N) is 1. The lowest BCUT2D eigenvalue weighted by atomic mass is 10.0. The molecular formula is C17H24N2O3S. The molecule has 3 rings (SSSR count). The standard InChI is InChI=1S/C17H24N2O3S/c1-2-14-7-3-4-11-19(14)23(21,22)15-9-10-16-13(12-15)6-5-8-17(20)18-16/h9-10,12,14H,2-8,11H2,1H3,(H,18,20)/t14-/m1/s1. The molecule has 0 bridgehead atoms. The number of hydrogen-bond acceptors (Lipinski definition) is 3. The van der Waals surface area contributed by atoms with Crippen molar-refractivity contribution < 1.29 is 13.2 Å². The second kappa shape index (κ2) is 6.61. The van der Waals surface area contributed by atoms with Gasteiger partial charge in [-0.05, 0) is 55.9 Å². The van der Waals surface area contributed by atoms with Crippen LogP contribution in [0.5, 0.6) is 0 Å². The topological polar surface area (TPSA) is 66.5 Å². The average Bonchev–Trinajstić information content (AvgIpc) is 2.74. The highest BCUT2D eigenvalue weighted by Crippen LogP contribution is 2.30. The molecule has 126 valence electrons. The van der Waals surface area contributed by atoms with Crippen molar-refractivity contribution in [3.05, 3.63) is 23.8 Å². The summed E-state index contributed by atoms with van der Waals surface area (Å²) in [5.41, 5.74) is 1.67. The van der Waals surface area contributed by atoms with Gasteiger partial charge in [-0.15, -0.1) is 0 Å². The van der Waals surface area contributed by atoms with Crippen molar-refractivity contribution in [2.75, 3.05) is 11.9 Å². The Kier molecular flexibility index (Phi) is 4.73. The first-order valence-corrected chi connectivity index (χ1v) is 9.91. The Morgan fingerprint density at radius 1 is 1.22 bits per heavy atom. The van der Waals surface area contributed by atoms with Crippen LogP contribution >= 0.6 is 0 Å². The Morgan fingerprint density at radius 3 is 2.83 bits per heavy atom. The number of nitrogens with zero attached hydrogens (tertiary/aromatic N) is 1. The Labute approximate surface area is 138 Å².